The number of benzene rings is 5. The lowest BCUT2D eigenvalue weighted by atomic mass is 10.1. The number of hydrogen-bond donors (Lipinski definition) is 8. The molecule has 5 rings (SSSR count). The summed E-state index contributed by atoms with van der Waals surface area (Å²) in [6.07, 6.45) is 1.79. The number of carbonyl (C=O) groups excluding carboxylic acids is 1. The molecule has 5 aromatic rings. The normalized spacial score (nSPS) is 11.2. The number of amides is 1. The number of nitrogens with one attached hydrogen (secondary N) is 5. The van der Waals surface area contributed by atoms with Gasteiger partial charge in [-0.05, 0) is 129 Å². The number of aryl methyl sites for hydroxylation is 1. The average molecular weight is 728 g/mol. The number of carboxylic acid groups (broad SMARTS) is 1. The maximum atomic E-state index is 11.9. The smallest absolute Gasteiger partial charge is 0.335 e. The third-order valence-electron chi connectivity index (χ3n) is 8.37. The summed E-state index contributed by atoms with van der Waals surface area (Å²) in [5.41, 5.74) is 12.6. The Labute approximate surface area is 315 Å². The molecule has 0 fully saturated rings. The number of rotatable bonds is 19. The summed E-state index contributed by atoms with van der Waals surface area (Å²) >= 11 is 0. The molecule has 1 amide bonds. The van der Waals surface area contributed by atoms with Gasteiger partial charge >= 0.3 is 5.97 Å². The number of anilines is 7. The van der Waals surface area contributed by atoms with Gasteiger partial charge in [-0.15, -0.1) is 0 Å². The molecule has 0 saturated heterocycles. The van der Waals surface area contributed by atoms with Crippen molar-refractivity contribution in [2.45, 2.75) is 45.3 Å². The van der Waals surface area contributed by atoms with Crippen LogP contribution in [0.25, 0.3) is 0 Å². The maximum absolute atomic E-state index is 11.9. The Balaban J connectivity index is 1.14. The second kappa shape index (κ2) is 18.6. The number of carboxylic acids is 1. The van der Waals surface area contributed by atoms with E-state index in [1.807, 2.05) is 86.6 Å². The van der Waals surface area contributed by atoms with Crippen molar-refractivity contribution in [2.24, 2.45) is 5.73 Å². The summed E-state index contributed by atoms with van der Waals surface area (Å²) in [5, 5.41) is 46.0. The number of phenols is 1. The Bertz CT molecular complexity index is 2040. The van der Waals surface area contributed by atoms with Gasteiger partial charge in [-0.2, -0.15) is 5.26 Å². The van der Waals surface area contributed by atoms with Crippen LogP contribution in [0, 0.1) is 11.3 Å². The number of aromatic carboxylic acids is 1. The number of primary amides is 1. The molecule has 278 valence electrons. The quantitative estimate of drug-likeness (QED) is 0.0303. The van der Waals surface area contributed by atoms with E-state index in [4.69, 9.17) is 15.7 Å². The number of hydrogen-bond acceptors (Lipinski definition) is 10. The number of ether oxygens (including phenoxy) is 1. The Hall–Kier alpha value is -6.87. The van der Waals surface area contributed by atoms with E-state index in [-0.39, 0.29) is 35.6 Å². The van der Waals surface area contributed by atoms with Crippen molar-refractivity contribution in [3.8, 4) is 17.6 Å². The number of nitrogens with two attached hydrogens (primary N) is 1. The first kappa shape index (κ1) is 38.4. The van der Waals surface area contributed by atoms with Crippen LogP contribution in [0.15, 0.2) is 109 Å². The van der Waals surface area contributed by atoms with Gasteiger partial charge in [0, 0.05) is 47.9 Å². The molecule has 0 aliphatic carbocycles. The Kier molecular flexibility index (Phi) is 13.2. The van der Waals surface area contributed by atoms with Crippen molar-refractivity contribution < 1.29 is 24.5 Å². The van der Waals surface area contributed by atoms with E-state index in [0.29, 0.717) is 29.2 Å². The molecule has 0 radical (unpaired) electrons. The zero-order chi connectivity index (χ0) is 38.5. The van der Waals surface area contributed by atoms with Gasteiger partial charge in [-0.25, -0.2) is 4.79 Å². The highest BCUT2D eigenvalue weighted by Crippen LogP contribution is 2.43. The Morgan fingerprint density at radius 2 is 1.31 bits per heavy atom. The van der Waals surface area contributed by atoms with Crippen LogP contribution in [0.3, 0.4) is 0 Å². The van der Waals surface area contributed by atoms with Crippen LogP contribution in [-0.4, -0.2) is 47.3 Å². The fourth-order valence-corrected chi connectivity index (χ4v) is 5.65. The van der Waals surface area contributed by atoms with Crippen LogP contribution in [0.4, 0.5) is 39.8 Å². The van der Waals surface area contributed by atoms with Crippen LogP contribution in [0.5, 0.6) is 11.5 Å². The second-order valence-electron chi connectivity index (χ2n) is 13.0. The molecule has 0 bridgehead atoms. The van der Waals surface area contributed by atoms with E-state index in [1.165, 1.54) is 17.7 Å². The van der Waals surface area contributed by atoms with E-state index in [2.05, 4.69) is 32.7 Å². The van der Waals surface area contributed by atoms with Gasteiger partial charge < -0.3 is 47.3 Å². The monoisotopic (exact) mass is 727 g/mol. The molecule has 54 heavy (non-hydrogen) atoms. The zero-order valence-electron chi connectivity index (χ0n) is 30.2. The molecule has 1 atom stereocenters. The lowest BCUT2D eigenvalue weighted by molar-refractivity contribution is -0.118. The third kappa shape index (κ3) is 11.3. The average Bonchev–Trinajstić information content (AvgIpc) is 3.16. The van der Waals surface area contributed by atoms with Gasteiger partial charge in [0.25, 0.3) is 0 Å². The van der Waals surface area contributed by atoms with Gasteiger partial charge in [0.05, 0.1) is 40.7 Å². The first-order valence-electron chi connectivity index (χ1n) is 17.7. The highest BCUT2D eigenvalue weighted by Gasteiger charge is 2.17. The van der Waals surface area contributed by atoms with Gasteiger partial charge in [-0.3, -0.25) is 4.79 Å². The lowest BCUT2D eigenvalue weighted by Gasteiger charge is -2.21. The van der Waals surface area contributed by atoms with Crippen LogP contribution in [-0.2, 0) is 11.2 Å². The molecule has 0 aromatic heterocycles. The van der Waals surface area contributed by atoms with Gasteiger partial charge in [0.15, 0.2) is 11.5 Å². The molecule has 5 aromatic carbocycles. The van der Waals surface area contributed by atoms with Crippen LogP contribution >= 0.6 is 0 Å². The molecule has 0 heterocycles. The summed E-state index contributed by atoms with van der Waals surface area (Å²) < 4.78 is 6.00. The van der Waals surface area contributed by atoms with E-state index < -0.39 is 11.9 Å². The minimum Gasteiger partial charge on any atom is -0.503 e. The highest BCUT2D eigenvalue weighted by molar-refractivity contribution is 5.88. The molecule has 0 unspecified atom stereocenters. The van der Waals surface area contributed by atoms with Crippen molar-refractivity contribution >= 4 is 51.7 Å². The van der Waals surface area contributed by atoms with Gasteiger partial charge in [0.2, 0.25) is 5.91 Å². The molecular weight excluding hydrogens is 683 g/mol. The molecule has 0 spiro atoms. The van der Waals surface area contributed by atoms with Crippen molar-refractivity contribution in [1.82, 2.24) is 0 Å². The van der Waals surface area contributed by atoms with Crippen LogP contribution < -0.4 is 37.1 Å². The summed E-state index contributed by atoms with van der Waals surface area (Å²) in [7, 11) is 0. The third-order valence-corrected chi connectivity index (χ3v) is 8.37. The summed E-state index contributed by atoms with van der Waals surface area (Å²) in [6, 6.07) is 34.8. The first-order chi connectivity index (χ1) is 26.1. The highest BCUT2D eigenvalue weighted by atomic mass is 16.5. The minimum atomic E-state index is -1.02. The van der Waals surface area contributed by atoms with Gasteiger partial charge in [0.1, 0.15) is 0 Å². The standard InChI is InChI=1S/C42H45N7O5/c1-27(2)54-41-38(22-21-37(40(41)51)48-34-11-9-30(10-12-34)42(52)53)49-35-19-15-32(16-20-35)46-26-36(24-39(44)50)47-33-17-13-31(14-18-33)45-23-3-4-28-5-7-29(25-43)8-6-28/h5-22,27,36,45-49,51H,3-4,23-24,26H2,1-2H3,(H2,44,50)(H,52,53)/t36-/m0/s1. The summed E-state index contributed by atoms with van der Waals surface area (Å²) in [6.45, 7) is 4.98. The Morgan fingerprint density at radius 3 is 1.91 bits per heavy atom. The van der Waals surface area contributed by atoms with Crippen molar-refractivity contribution in [3.05, 3.63) is 126 Å². The van der Waals surface area contributed by atoms with Crippen molar-refractivity contribution in [2.75, 3.05) is 39.7 Å². The topological polar surface area (TPSA) is 194 Å². The minimum absolute atomic E-state index is 0.0932. The van der Waals surface area contributed by atoms with Crippen LogP contribution in [0.2, 0.25) is 0 Å². The largest absolute Gasteiger partial charge is 0.503 e. The van der Waals surface area contributed by atoms with E-state index in [1.54, 1.807) is 24.3 Å². The van der Waals surface area contributed by atoms with E-state index >= 15 is 0 Å². The molecular formula is C42H45N7O5. The number of nitriles is 1. The molecule has 0 aliphatic heterocycles. The lowest BCUT2D eigenvalue weighted by Crippen LogP contribution is -2.33. The maximum Gasteiger partial charge on any atom is 0.335 e. The van der Waals surface area contributed by atoms with Crippen molar-refractivity contribution in [3.63, 3.8) is 0 Å². The molecule has 12 heteroatoms. The van der Waals surface area contributed by atoms with E-state index in [0.717, 1.165) is 42.1 Å². The molecule has 0 aliphatic rings. The Morgan fingerprint density at radius 1 is 0.759 bits per heavy atom. The predicted octanol–water partition coefficient (Wildman–Crippen LogP) is 8.05. The number of aromatic hydroxyl groups is 1. The molecule has 9 N–H and O–H groups in total. The number of phenolic OH excluding ortho intramolecular Hbond substituents is 1. The van der Waals surface area contributed by atoms with Crippen molar-refractivity contribution in [1.29, 1.82) is 5.26 Å². The fourth-order valence-electron chi connectivity index (χ4n) is 5.65. The van der Waals surface area contributed by atoms with Gasteiger partial charge in [-0.1, -0.05) is 12.1 Å². The molecule has 0 saturated carbocycles. The summed E-state index contributed by atoms with van der Waals surface area (Å²) in [5.74, 6) is -1.25. The van der Waals surface area contributed by atoms with E-state index in [9.17, 15) is 19.8 Å². The van der Waals surface area contributed by atoms with Crippen LogP contribution in [0.1, 0.15) is 48.2 Å². The number of nitrogens with zero attached hydrogens (tertiary/aromatic N) is 1. The first-order valence-corrected chi connectivity index (χ1v) is 17.7. The second-order valence-corrected chi connectivity index (χ2v) is 13.0. The number of carbonyl (C=O) groups is 2. The predicted molar refractivity (Wildman–Crippen MR) is 214 cm³/mol. The SMILES string of the molecule is CC(C)Oc1c(Nc2ccc(NC[C@H](CC(N)=O)Nc3ccc(NCCCc4ccc(C#N)cc4)cc3)cc2)ccc(Nc2ccc(C(=O)O)cc2)c1O. The zero-order valence-corrected chi connectivity index (χ0v) is 30.2. The molecule has 12 nitrogen and oxygen atoms in total. The fraction of sp³-hybridized carbons (Fsp3) is 0.214. The summed E-state index contributed by atoms with van der Waals surface area (Å²) in [4.78, 5) is 23.1.